The first-order chi connectivity index (χ1) is 7.10. The molecule has 0 atom stereocenters. The average molecular weight is 206 g/mol. The number of methoxy groups -OCH3 is 1. The van der Waals surface area contributed by atoms with E-state index in [0.717, 1.165) is 12.0 Å². The highest BCUT2D eigenvalue weighted by atomic mass is 16.5. The zero-order valence-corrected chi connectivity index (χ0v) is 9.16. The Hall–Kier alpha value is -1.64. The van der Waals surface area contributed by atoms with Crippen LogP contribution in [-0.4, -0.2) is 18.9 Å². The van der Waals surface area contributed by atoms with Gasteiger partial charge in [0.15, 0.2) is 5.78 Å². The molecule has 1 rings (SSSR count). The van der Waals surface area contributed by atoms with E-state index < -0.39 is 5.97 Å². The number of benzene rings is 1. The molecule has 15 heavy (non-hydrogen) atoms. The van der Waals surface area contributed by atoms with Crippen molar-refractivity contribution in [1.29, 1.82) is 0 Å². The summed E-state index contributed by atoms with van der Waals surface area (Å²) in [5.41, 5.74) is 1.97. The maximum absolute atomic E-state index is 11.3. The van der Waals surface area contributed by atoms with Crippen molar-refractivity contribution in [1.82, 2.24) is 0 Å². The summed E-state index contributed by atoms with van der Waals surface area (Å²) in [4.78, 5) is 22.6. The number of hydrogen-bond acceptors (Lipinski definition) is 3. The van der Waals surface area contributed by atoms with E-state index in [2.05, 4.69) is 4.74 Å². The van der Waals surface area contributed by atoms with Gasteiger partial charge in [-0.05, 0) is 31.0 Å². The summed E-state index contributed by atoms with van der Waals surface area (Å²) in [6.07, 6.45) is 0.774. The Morgan fingerprint density at radius 1 is 1.33 bits per heavy atom. The lowest BCUT2D eigenvalue weighted by Gasteiger charge is -2.06. The lowest BCUT2D eigenvalue weighted by Crippen LogP contribution is -2.05. The van der Waals surface area contributed by atoms with Crippen LogP contribution in [0.15, 0.2) is 18.2 Å². The highest BCUT2D eigenvalue weighted by molar-refractivity contribution is 5.99. The second-order valence-corrected chi connectivity index (χ2v) is 3.27. The van der Waals surface area contributed by atoms with Gasteiger partial charge >= 0.3 is 5.97 Å². The molecule has 0 N–H and O–H groups in total. The normalized spacial score (nSPS) is 9.80. The summed E-state index contributed by atoms with van der Waals surface area (Å²) in [5.74, 6) is -0.447. The molecule has 0 aliphatic carbocycles. The van der Waals surface area contributed by atoms with Crippen molar-refractivity contribution in [2.75, 3.05) is 7.11 Å². The minimum absolute atomic E-state index is 0.0300. The van der Waals surface area contributed by atoms with Crippen molar-refractivity contribution in [2.45, 2.75) is 20.3 Å². The first-order valence-electron chi connectivity index (χ1n) is 4.82. The molecule has 0 saturated heterocycles. The number of rotatable bonds is 3. The van der Waals surface area contributed by atoms with Gasteiger partial charge in [0.1, 0.15) is 0 Å². The van der Waals surface area contributed by atoms with Gasteiger partial charge in [-0.2, -0.15) is 0 Å². The molecule has 3 nitrogen and oxygen atoms in total. The van der Waals surface area contributed by atoms with Crippen LogP contribution in [0.25, 0.3) is 0 Å². The lowest BCUT2D eigenvalue weighted by atomic mass is 9.99. The highest BCUT2D eigenvalue weighted by Gasteiger charge is 2.11. The molecule has 1 aromatic rings. The molecule has 0 spiro atoms. The van der Waals surface area contributed by atoms with Crippen LogP contribution in [0.1, 0.15) is 40.1 Å². The van der Waals surface area contributed by atoms with Gasteiger partial charge in [0.25, 0.3) is 0 Å². The molecule has 1 aromatic carbocycles. The van der Waals surface area contributed by atoms with Crippen LogP contribution < -0.4 is 0 Å². The van der Waals surface area contributed by atoms with Crippen molar-refractivity contribution in [3.8, 4) is 0 Å². The second kappa shape index (κ2) is 4.73. The van der Waals surface area contributed by atoms with Gasteiger partial charge in [0, 0.05) is 5.56 Å². The molecule has 80 valence electrons. The lowest BCUT2D eigenvalue weighted by molar-refractivity contribution is 0.0600. The summed E-state index contributed by atoms with van der Waals surface area (Å²) >= 11 is 0. The fourth-order valence-corrected chi connectivity index (χ4v) is 1.46. The molecule has 0 bridgehead atoms. The van der Waals surface area contributed by atoms with E-state index in [9.17, 15) is 9.59 Å². The molecule has 0 amide bonds. The first kappa shape index (κ1) is 11.4. The number of Topliss-reactive ketones (excluding diaryl/α,β-unsaturated/α-hetero) is 1. The quantitative estimate of drug-likeness (QED) is 0.562. The van der Waals surface area contributed by atoms with Crippen molar-refractivity contribution in [3.63, 3.8) is 0 Å². The van der Waals surface area contributed by atoms with Gasteiger partial charge in [0.2, 0.25) is 0 Å². The maximum Gasteiger partial charge on any atom is 0.337 e. The summed E-state index contributed by atoms with van der Waals surface area (Å²) in [5, 5.41) is 0. The third kappa shape index (κ3) is 2.43. The first-order valence-corrected chi connectivity index (χ1v) is 4.82. The monoisotopic (exact) mass is 206 g/mol. The van der Waals surface area contributed by atoms with Crippen molar-refractivity contribution >= 4 is 11.8 Å². The number of aryl methyl sites for hydroxylation is 1. The molecule has 0 aromatic heterocycles. The van der Waals surface area contributed by atoms with E-state index in [0.29, 0.717) is 11.1 Å². The number of carbonyl (C=O) groups excluding carboxylic acids is 2. The Kier molecular flexibility index (Phi) is 3.61. The molecular formula is C12H14O3. The molecule has 0 saturated carbocycles. The van der Waals surface area contributed by atoms with Crippen LogP contribution in [0.3, 0.4) is 0 Å². The number of hydrogen-bond donors (Lipinski definition) is 0. The van der Waals surface area contributed by atoms with E-state index in [1.54, 1.807) is 18.2 Å². The molecule has 0 unspecified atom stereocenters. The summed E-state index contributed by atoms with van der Waals surface area (Å²) in [6.45, 7) is 3.47. The third-order valence-electron chi connectivity index (χ3n) is 2.29. The molecule has 0 heterocycles. The maximum atomic E-state index is 11.3. The zero-order chi connectivity index (χ0) is 11.4. The third-order valence-corrected chi connectivity index (χ3v) is 2.29. The minimum atomic E-state index is -0.417. The Balaban J connectivity index is 3.22. The molecule has 0 aliphatic heterocycles. The minimum Gasteiger partial charge on any atom is -0.465 e. The van der Waals surface area contributed by atoms with E-state index in [4.69, 9.17) is 0 Å². The SMILES string of the molecule is CCc1ccc(C(=O)OC)cc1C(C)=O. The fraction of sp³-hybridized carbons (Fsp3) is 0.333. The Bertz CT molecular complexity index is 394. The Labute approximate surface area is 89.1 Å². The standard InChI is InChI=1S/C12H14O3/c1-4-9-5-6-10(12(14)15-3)7-11(9)8(2)13/h5-7H,4H2,1-3H3. The van der Waals surface area contributed by atoms with Crippen LogP contribution in [0.5, 0.6) is 0 Å². The van der Waals surface area contributed by atoms with Gasteiger partial charge in [-0.15, -0.1) is 0 Å². The van der Waals surface area contributed by atoms with E-state index in [1.807, 2.05) is 6.92 Å². The summed E-state index contributed by atoms with van der Waals surface area (Å²) in [6, 6.07) is 5.06. The number of ether oxygens (including phenoxy) is 1. The van der Waals surface area contributed by atoms with E-state index in [1.165, 1.54) is 14.0 Å². The van der Waals surface area contributed by atoms with Crippen LogP contribution in [0, 0.1) is 0 Å². The van der Waals surface area contributed by atoms with Gasteiger partial charge in [-0.3, -0.25) is 4.79 Å². The number of esters is 1. The van der Waals surface area contributed by atoms with Gasteiger partial charge in [-0.1, -0.05) is 13.0 Å². The van der Waals surface area contributed by atoms with Gasteiger partial charge in [-0.25, -0.2) is 4.79 Å². The number of ketones is 1. The molecule has 3 heteroatoms. The van der Waals surface area contributed by atoms with Crippen molar-refractivity contribution < 1.29 is 14.3 Å². The van der Waals surface area contributed by atoms with Crippen LogP contribution in [0.4, 0.5) is 0 Å². The number of carbonyl (C=O) groups is 2. The summed E-state index contributed by atoms with van der Waals surface area (Å²) < 4.78 is 4.59. The predicted molar refractivity (Wildman–Crippen MR) is 57.2 cm³/mol. The van der Waals surface area contributed by atoms with Crippen LogP contribution in [0.2, 0.25) is 0 Å². The largest absolute Gasteiger partial charge is 0.465 e. The van der Waals surface area contributed by atoms with E-state index >= 15 is 0 Å². The molecule has 0 aliphatic rings. The molecule has 0 fully saturated rings. The Morgan fingerprint density at radius 3 is 2.47 bits per heavy atom. The smallest absolute Gasteiger partial charge is 0.337 e. The topological polar surface area (TPSA) is 43.4 Å². The second-order valence-electron chi connectivity index (χ2n) is 3.27. The highest BCUT2D eigenvalue weighted by Crippen LogP contribution is 2.14. The van der Waals surface area contributed by atoms with Crippen molar-refractivity contribution in [3.05, 3.63) is 34.9 Å². The Morgan fingerprint density at radius 2 is 2.00 bits per heavy atom. The fourth-order valence-electron chi connectivity index (χ4n) is 1.46. The van der Waals surface area contributed by atoms with Gasteiger partial charge < -0.3 is 4.74 Å². The molecular weight excluding hydrogens is 192 g/mol. The van der Waals surface area contributed by atoms with E-state index in [-0.39, 0.29) is 5.78 Å². The summed E-state index contributed by atoms with van der Waals surface area (Å²) in [7, 11) is 1.32. The molecule has 0 radical (unpaired) electrons. The average Bonchev–Trinajstić information content (AvgIpc) is 2.27. The van der Waals surface area contributed by atoms with Crippen LogP contribution in [-0.2, 0) is 11.2 Å². The predicted octanol–water partition coefficient (Wildman–Crippen LogP) is 2.24. The zero-order valence-electron chi connectivity index (χ0n) is 9.16. The van der Waals surface area contributed by atoms with Crippen molar-refractivity contribution in [2.24, 2.45) is 0 Å². The van der Waals surface area contributed by atoms with Gasteiger partial charge in [0.05, 0.1) is 12.7 Å². The van der Waals surface area contributed by atoms with Crippen LogP contribution >= 0.6 is 0 Å².